The van der Waals surface area contributed by atoms with E-state index in [9.17, 15) is 20.0 Å². The van der Waals surface area contributed by atoms with Gasteiger partial charge in [-0.2, -0.15) is 0 Å². The smallest absolute Gasteiger partial charge is 0.311 e. The highest BCUT2D eigenvalue weighted by Gasteiger charge is 2.21. The van der Waals surface area contributed by atoms with E-state index in [0.29, 0.717) is 18.5 Å². The molecule has 21 heavy (non-hydrogen) atoms. The highest BCUT2D eigenvalue weighted by molar-refractivity contribution is 5.70. The van der Waals surface area contributed by atoms with Gasteiger partial charge in [0, 0.05) is 6.07 Å². The maximum atomic E-state index is 11.3. The van der Waals surface area contributed by atoms with Crippen molar-refractivity contribution in [3.8, 4) is 5.75 Å². The van der Waals surface area contributed by atoms with E-state index >= 15 is 0 Å². The van der Waals surface area contributed by atoms with Crippen LogP contribution in [0.25, 0.3) is 0 Å². The number of nitro groups is 1. The molecule has 0 aromatic heterocycles. The Bertz CT molecular complexity index is 504. The monoisotopic (exact) mass is 296 g/mol. The van der Waals surface area contributed by atoms with Gasteiger partial charge in [0.2, 0.25) is 0 Å². The summed E-state index contributed by atoms with van der Waals surface area (Å²) in [4.78, 5) is 21.7. The number of nitro benzene ring substituents is 1. The van der Waals surface area contributed by atoms with Crippen LogP contribution >= 0.6 is 0 Å². The highest BCUT2D eigenvalue weighted by Crippen LogP contribution is 2.29. The van der Waals surface area contributed by atoms with Crippen LogP contribution in [0.4, 0.5) is 5.69 Å². The third kappa shape index (κ3) is 5.03. The number of carboxylic acid groups (broad SMARTS) is 1. The molecular formula is C14H20N2O5. The molecule has 0 heterocycles. The Morgan fingerprint density at radius 3 is 2.71 bits per heavy atom. The third-order valence-electron chi connectivity index (χ3n) is 3.28. The first-order valence-electron chi connectivity index (χ1n) is 6.73. The molecule has 0 bridgehead atoms. The van der Waals surface area contributed by atoms with Crippen LogP contribution in [0.3, 0.4) is 0 Å². The van der Waals surface area contributed by atoms with Gasteiger partial charge in [-0.25, -0.2) is 0 Å². The molecule has 0 fully saturated rings. The minimum absolute atomic E-state index is 0.152. The van der Waals surface area contributed by atoms with Gasteiger partial charge in [0.1, 0.15) is 0 Å². The van der Waals surface area contributed by atoms with Crippen LogP contribution in [0, 0.1) is 16.0 Å². The van der Waals surface area contributed by atoms with Gasteiger partial charge in [-0.15, -0.1) is 0 Å². The number of unbranched alkanes of at least 4 members (excludes halogenated alkanes) is 1. The zero-order valence-corrected chi connectivity index (χ0v) is 11.9. The highest BCUT2D eigenvalue weighted by atomic mass is 16.6. The first-order valence-corrected chi connectivity index (χ1v) is 6.73. The van der Waals surface area contributed by atoms with Crippen molar-refractivity contribution in [2.45, 2.75) is 25.7 Å². The van der Waals surface area contributed by atoms with Crippen LogP contribution in [-0.4, -0.2) is 29.7 Å². The lowest BCUT2D eigenvalue weighted by Gasteiger charge is -2.12. The number of aliphatic carboxylic acids is 1. The number of hydrogen-bond acceptors (Lipinski definition) is 5. The van der Waals surface area contributed by atoms with Gasteiger partial charge >= 0.3 is 11.7 Å². The van der Waals surface area contributed by atoms with E-state index in [1.807, 2.05) is 0 Å². The summed E-state index contributed by atoms with van der Waals surface area (Å²) in [7, 11) is 1.36. The van der Waals surface area contributed by atoms with Crippen molar-refractivity contribution in [2.24, 2.45) is 11.7 Å². The molecule has 1 rings (SSSR count). The molecule has 0 radical (unpaired) electrons. The number of hydrogen-bond donors (Lipinski definition) is 2. The van der Waals surface area contributed by atoms with Gasteiger partial charge in [-0.05, 0) is 37.4 Å². The van der Waals surface area contributed by atoms with Gasteiger partial charge in [-0.3, -0.25) is 14.9 Å². The lowest BCUT2D eigenvalue weighted by Crippen LogP contribution is -2.17. The van der Waals surface area contributed by atoms with Crippen molar-refractivity contribution in [2.75, 3.05) is 13.7 Å². The number of methoxy groups -OCH3 is 1. The summed E-state index contributed by atoms with van der Waals surface area (Å²) in [5, 5.41) is 20.2. The van der Waals surface area contributed by atoms with E-state index in [2.05, 4.69) is 0 Å². The molecule has 1 aromatic rings. The molecule has 116 valence electrons. The second kappa shape index (κ2) is 8.21. The largest absolute Gasteiger partial charge is 0.490 e. The van der Waals surface area contributed by atoms with Gasteiger partial charge in [-0.1, -0.05) is 12.5 Å². The van der Waals surface area contributed by atoms with Crippen LogP contribution < -0.4 is 10.5 Å². The Morgan fingerprint density at radius 1 is 1.48 bits per heavy atom. The minimum atomic E-state index is -0.898. The molecule has 0 aliphatic rings. The first kappa shape index (κ1) is 16.9. The first-order chi connectivity index (χ1) is 9.99. The molecule has 3 N–H and O–H groups in total. The Balaban J connectivity index is 2.86. The fourth-order valence-corrected chi connectivity index (χ4v) is 2.14. The fraction of sp³-hybridized carbons (Fsp3) is 0.500. The molecule has 0 aliphatic carbocycles. The summed E-state index contributed by atoms with van der Waals surface area (Å²) in [5.74, 6) is -1.30. The van der Waals surface area contributed by atoms with Crippen molar-refractivity contribution in [1.29, 1.82) is 0 Å². The predicted octanol–water partition coefficient (Wildman–Crippen LogP) is 1.98. The third-order valence-corrected chi connectivity index (χ3v) is 3.28. The van der Waals surface area contributed by atoms with Crippen LogP contribution in [0.2, 0.25) is 0 Å². The summed E-state index contributed by atoms with van der Waals surface area (Å²) >= 11 is 0. The lowest BCUT2D eigenvalue weighted by molar-refractivity contribution is -0.385. The number of ether oxygens (including phenoxy) is 1. The average molecular weight is 296 g/mol. The molecule has 0 amide bonds. The summed E-state index contributed by atoms with van der Waals surface area (Å²) in [6.45, 7) is 0.528. The summed E-state index contributed by atoms with van der Waals surface area (Å²) in [6, 6.07) is 4.52. The molecule has 0 aliphatic heterocycles. The predicted molar refractivity (Wildman–Crippen MR) is 77.4 cm³/mol. The molecule has 7 nitrogen and oxygen atoms in total. The number of rotatable bonds is 9. The van der Waals surface area contributed by atoms with E-state index in [0.717, 1.165) is 12.8 Å². The Labute approximate surface area is 122 Å². The maximum absolute atomic E-state index is 11.3. The summed E-state index contributed by atoms with van der Waals surface area (Å²) < 4.78 is 4.92. The number of carboxylic acids is 1. The van der Waals surface area contributed by atoms with Gasteiger partial charge in [0.15, 0.2) is 5.75 Å². The van der Waals surface area contributed by atoms with Crippen molar-refractivity contribution in [3.05, 3.63) is 33.9 Å². The lowest BCUT2D eigenvalue weighted by atomic mass is 9.94. The van der Waals surface area contributed by atoms with E-state index in [-0.39, 0.29) is 17.9 Å². The molecule has 1 aromatic carbocycles. The standard InChI is InChI=1S/C14H20N2O5/c1-21-13-6-5-10(9-12(13)16(19)20)8-11(14(17)18)4-2-3-7-15/h5-6,9,11H,2-4,7-8,15H2,1H3,(H,17,18). The van der Waals surface area contributed by atoms with Crippen molar-refractivity contribution >= 4 is 11.7 Å². The zero-order chi connectivity index (χ0) is 15.8. The summed E-state index contributed by atoms with van der Waals surface area (Å²) in [5.41, 5.74) is 5.85. The Hall–Kier alpha value is -2.15. The average Bonchev–Trinajstić information content (AvgIpc) is 2.46. The number of nitrogens with zero attached hydrogens (tertiary/aromatic N) is 1. The van der Waals surface area contributed by atoms with E-state index < -0.39 is 16.8 Å². The van der Waals surface area contributed by atoms with Crippen LogP contribution in [-0.2, 0) is 11.2 Å². The Morgan fingerprint density at radius 2 is 2.19 bits per heavy atom. The van der Waals surface area contributed by atoms with E-state index in [1.54, 1.807) is 6.07 Å². The molecule has 0 saturated carbocycles. The van der Waals surface area contributed by atoms with Gasteiger partial charge in [0.05, 0.1) is 18.0 Å². The number of carbonyl (C=O) groups is 1. The van der Waals surface area contributed by atoms with Gasteiger partial charge < -0.3 is 15.6 Å². The second-order valence-corrected chi connectivity index (χ2v) is 4.79. The molecule has 1 unspecified atom stereocenters. The van der Waals surface area contributed by atoms with Crippen LogP contribution in [0.15, 0.2) is 18.2 Å². The molecular weight excluding hydrogens is 276 g/mol. The maximum Gasteiger partial charge on any atom is 0.311 e. The second-order valence-electron chi connectivity index (χ2n) is 4.79. The molecule has 1 atom stereocenters. The number of nitrogens with two attached hydrogens (primary N) is 1. The molecule has 7 heteroatoms. The van der Waals surface area contributed by atoms with Gasteiger partial charge in [0.25, 0.3) is 0 Å². The summed E-state index contributed by atoms with van der Waals surface area (Å²) in [6.07, 6.45) is 2.26. The minimum Gasteiger partial charge on any atom is -0.490 e. The topological polar surface area (TPSA) is 116 Å². The van der Waals surface area contributed by atoms with E-state index in [1.165, 1.54) is 19.2 Å². The van der Waals surface area contributed by atoms with Crippen molar-refractivity contribution in [3.63, 3.8) is 0 Å². The van der Waals surface area contributed by atoms with Crippen molar-refractivity contribution in [1.82, 2.24) is 0 Å². The Kier molecular flexibility index (Phi) is 6.61. The molecule has 0 spiro atoms. The van der Waals surface area contributed by atoms with Crippen molar-refractivity contribution < 1.29 is 19.6 Å². The van der Waals surface area contributed by atoms with E-state index in [4.69, 9.17) is 10.5 Å². The zero-order valence-electron chi connectivity index (χ0n) is 11.9. The van der Waals surface area contributed by atoms with Crippen LogP contribution in [0.1, 0.15) is 24.8 Å². The quantitative estimate of drug-likeness (QED) is 0.409. The van der Waals surface area contributed by atoms with Crippen LogP contribution in [0.5, 0.6) is 5.75 Å². The SMILES string of the molecule is COc1ccc(CC(CCCCN)C(=O)O)cc1[N+](=O)[O-]. The number of benzene rings is 1. The normalized spacial score (nSPS) is 11.9. The fourth-order valence-electron chi connectivity index (χ4n) is 2.14. The molecule has 0 saturated heterocycles.